The molecule has 0 bridgehead atoms. The van der Waals surface area contributed by atoms with Gasteiger partial charge in [-0.05, 0) is 39.7 Å². The van der Waals surface area contributed by atoms with Crippen LogP contribution in [0.3, 0.4) is 0 Å². The second kappa shape index (κ2) is 7.22. The zero-order valence-corrected chi connectivity index (χ0v) is 12.2. The number of nitrogens with two attached hydrogens (primary N) is 1. The fourth-order valence-electron chi connectivity index (χ4n) is 1.40. The standard InChI is InChI=1S/C14H11BrN2O3/c1-3-4-20-13-11(15)6-9(7-12(13)19-2)5-10(8-16)14(17)18/h1,5-7H,4H2,2H3,(H2,17,18)/b10-5+. The van der Waals surface area contributed by atoms with Gasteiger partial charge in [-0.15, -0.1) is 6.42 Å². The lowest BCUT2D eigenvalue weighted by molar-refractivity contribution is -0.114. The van der Waals surface area contributed by atoms with Crippen LogP contribution in [0.1, 0.15) is 5.56 Å². The van der Waals surface area contributed by atoms with E-state index in [4.69, 9.17) is 26.9 Å². The van der Waals surface area contributed by atoms with Crippen LogP contribution < -0.4 is 15.2 Å². The third kappa shape index (κ3) is 3.78. The van der Waals surface area contributed by atoms with Crippen molar-refractivity contribution in [2.75, 3.05) is 13.7 Å². The largest absolute Gasteiger partial charge is 0.493 e. The molecule has 6 heteroatoms. The molecule has 0 heterocycles. The molecule has 0 aliphatic heterocycles. The first-order valence-electron chi connectivity index (χ1n) is 5.38. The first-order valence-corrected chi connectivity index (χ1v) is 6.18. The monoisotopic (exact) mass is 334 g/mol. The van der Waals surface area contributed by atoms with E-state index >= 15 is 0 Å². The van der Waals surface area contributed by atoms with Gasteiger partial charge in [0.2, 0.25) is 0 Å². The van der Waals surface area contributed by atoms with Gasteiger partial charge in [0.25, 0.3) is 5.91 Å². The van der Waals surface area contributed by atoms with Crippen molar-refractivity contribution in [1.82, 2.24) is 0 Å². The quantitative estimate of drug-likeness (QED) is 0.506. The Bertz CT molecular complexity index is 639. The van der Waals surface area contributed by atoms with E-state index in [2.05, 4.69) is 21.9 Å². The summed E-state index contributed by atoms with van der Waals surface area (Å²) in [5.41, 5.74) is 5.49. The Balaban J connectivity index is 3.27. The van der Waals surface area contributed by atoms with Gasteiger partial charge in [-0.25, -0.2) is 0 Å². The van der Waals surface area contributed by atoms with Gasteiger partial charge in [-0.3, -0.25) is 4.79 Å². The lowest BCUT2D eigenvalue weighted by atomic mass is 10.1. The molecular formula is C14H11BrN2O3. The lowest BCUT2D eigenvalue weighted by Gasteiger charge is -2.11. The van der Waals surface area contributed by atoms with Gasteiger partial charge in [-0.2, -0.15) is 5.26 Å². The molecule has 5 nitrogen and oxygen atoms in total. The molecule has 0 atom stereocenters. The van der Waals surface area contributed by atoms with E-state index in [9.17, 15) is 4.79 Å². The van der Waals surface area contributed by atoms with Gasteiger partial charge in [0.1, 0.15) is 18.2 Å². The van der Waals surface area contributed by atoms with Gasteiger partial charge < -0.3 is 15.2 Å². The predicted molar refractivity (Wildman–Crippen MR) is 77.8 cm³/mol. The molecule has 20 heavy (non-hydrogen) atoms. The van der Waals surface area contributed by atoms with Gasteiger partial charge in [0.05, 0.1) is 11.6 Å². The molecule has 0 fully saturated rings. The third-order valence-corrected chi connectivity index (χ3v) is 2.84. The van der Waals surface area contributed by atoms with Crippen LogP contribution in [0.15, 0.2) is 22.2 Å². The zero-order chi connectivity index (χ0) is 15.1. The summed E-state index contributed by atoms with van der Waals surface area (Å²) in [7, 11) is 1.47. The van der Waals surface area contributed by atoms with E-state index < -0.39 is 5.91 Å². The number of carbonyl (C=O) groups is 1. The molecule has 102 valence electrons. The predicted octanol–water partition coefficient (Wildman–Crippen LogP) is 1.86. The number of benzene rings is 1. The average molecular weight is 335 g/mol. The Hall–Kier alpha value is -2.44. The molecule has 0 spiro atoms. The molecule has 1 rings (SSSR count). The number of carbonyl (C=O) groups excluding carboxylic acids is 1. The first-order chi connectivity index (χ1) is 9.53. The molecule has 1 amide bonds. The average Bonchev–Trinajstić information content (AvgIpc) is 2.42. The molecule has 1 aromatic rings. The van der Waals surface area contributed by atoms with Gasteiger partial charge in [0.15, 0.2) is 11.5 Å². The molecule has 0 aliphatic carbocycles. The van der Waals surface area contributed by atoms with Crippen LogP contribution in [0, 0.1) is 23.7 Å². The van der Waals surface area contributed by atoms with Crippen molar-refractivity contribution in [3.63, 3.8) is 0 Å². The SMILES string of the molecule is C#CCOc1c(Br)cc(/C=C(\C#N)C(N)=O)cc1OC. The summed E-state index contributed by atoms with van der Waals surface area (Å²) in [5.74, 6) is 2.42. The number of ether oxygens (including phenoxy) is 2. The number of hydrogen-bond donors (Lipinski definition) is 1. The van der Waals surface area contributed by atoms with Crippen LogP contribution in [-0.4, -0.2) is 19.6 Å². The zero-order valence-electron chi connectivity index (χ0n) is 10.6. The molecular weight excluding hydrogens is 324 g/mol. The van der Waals surface area contributed by atoms with E-state index in [0.717, 1.165) is 0 Å². The van der Waals surface area contributed by atoms with Crippen LogP contribution in [0.2, 0.25) is 0 Å². The number of halogens is 1. The minimum absolute atomic E-state index is 0.0921. The number of terminal acetylenes is 1. The Kier molecular flexibility index (Phi) is 5.64. The van der Waals surface area contributed by atoms with E-state index in [0.29, 0.717) is 21.5 Å². The fourth-order valence-corrected chi connectivity index (χ4v) is 1.98. The van der Waals surface area contributed by atoms with Crippen LogP contribution in [0.25, 0.3) is 6.08 Å². The highest BCUT2D eigenvalue weighted by molar-refractivity contribution is 9.10. The highest BCUT2D eigenvalue weighted by atomic mass is 79.9. The van der Waals surface area contributed by atoms with Crippen molar-refractivity contribution in [2.24, 2.45) is 5.73 Å². The maximum atomic E-state index is 11.0. The van der Waals surface area contributed by atoms with E-state index in [1.54, 1.807) is 18.2 Å². The number of methoxy groups -OCH3 is 1. The Morgan fingerprint density at radius 2 is 2.30 bits per heavy atom. The summed E-state index contributed by atoms with van der Waals surface area (Å²) in [5, 5.41) is 8.82. The molecule has 0 aliphatic rings. The minimum atomic E-state index is -0.796. The molecule has 2 N–H and O–H groups in total. The maximum Gasteiger partial charge on any atom is 0.259 e. The Labute approximate surface area is 125 Å². The number of rotatable bonds is 5. The highest BCUT2D eigenvalue weighted by Gasteiger charge is 2.12. The van der Waals surface area contributed by atoms with Crippen molar-refractivity contribution in [3.05, 3.63) is 27.7 Å². The summed E-state index contributed by atoms with van der Waals surface area (Å²) < 4.78 is 11.1. The number of primary amides is 1. The Morgan fingerprint density at radius 3 is 2.80 bits per heavy atom. The van der Waals surface area contributed by atoms with Crippen molar-refractivity contribution < 1.29 is 14.3 Å². The number of nitrogens with zero attached hydrogens (tertiary/aromatic N) is 1. The lowest BCUT2D eigenvalue weighted by Crippen LogP contribution is -2.12. The number of nitriles is 1. The van der Waals surface area contributed by atoms with Crippen molar-refractivity contribution in [3.8, 4) is 29.9 Å². The van der Waals surface area contributed by atoms with E-state index in [-0.39, 0.29) is 12.2 Å². The smallest absolute Gasteiger partial charge is 0.259 e. The van der Waals surface area contributed by atoms with E-state index in [1.165, 1.54) is 13.2 Å². The second-order valence-corrected chi connectivity index (χ2v) is 4.42. The summed E-state index contributed by atoms with van der Waals surface area (Å²) in [6.45, 7) is 0.0921. The second-order valence-electron chi connectivity index (χ2n) is 3.56. The molecule has 0 aromatic heterocycles. The summed E-state index contributed by atoms with van der Waals surface area (Å²) in [6, 6.07) is 5.00. The molecule has 0 saturated carbocycles. The van der Waals surface area contributed by atoms with Crippen LogP contribution in [0.4, 0.5) is 0 Å². The summed E-state index contributed by atoms with van der Waals surface area (Å²) in [6.07, 6.45) is 6.50. The Morgan fingerprint density at radius 1 is 1.60 bits per heavy atom. The van der Waals surface area contributed by atoms with Gasteiger partial charge >= 0.3 is 0 Å². The van der Waals surface area contributed by atoms with Crippen LogP contribution in [0.5, 0.6) is 11.5 Å². The van der Waals surface area contributed by atoms with Crippen molar-refractivity contribution in [1.29, 1.82) is 5.26 Å². The van der Waals surface area contributed by atoms with Crippen molar-refractivity contribution >= 4 is 27.9 Å². The topological polar surface area (TPSA) is 85.3 Å². The third-order valence-electron chi connectivity index (χ3n) is 2.25. The highest BCUT2D eigenvalue weighted by Crippen LogP contribution is 2.37. The summed E-state index contributed by atoms with van der Waals surface area (Å²) in [4.78, 5) is 11.0. The first kappa shape index (κ1) is 15.6. The van der Waals surface area contributed by atoms with Gasteiger partial charge in [-0.1, -0.05) is 5.92 Å². The fraction of sp³-hybridized carbons (Fsp3) is 0.143. The van der Waals surface area contributed by atoms with Crippen LogP contribution in [-0.2, 0) is 4.79 Å². The number of amides is 1. The molecule has 0 radical (unpaired) electrons. The summed E-state index contributed by atoms with van der Waals surface area (Å²) >= 11 is 3.32. The minimum Gasteiger partial charge on any atom is -0.493 e. The molecule has 0 unspecified atom stereocenters. The number of hydrogen-bond acceptors (Lipinski definition) is 4. The normalized spacial score (nSPS) is 10.3. The maximum absolute atomic E-state index is 11.0. The van der Waals surface area contributed by atoms with Gasteiger partial charge in [0, 0.05) is 0 Å². The van der Waals surface area contributed by atoms with Crippen LogP contribution >= 0.6 is 15.9 Å². The van der Waals surface area contributed by atoms with E-state index in [1.807, 2.05) is 0 Å². The molecule has 0 saturated heterocycles. The van der Waals surface area contributed by atoms with Crippen molar-refractivity contribution in [2.45, 2.75) is 0 Å². The molecule has 1 aromatic carbocycles.